The molecule has 0 N–H and O–H groups in total. The number of carbonyl (C=O) groups is 1. The van der Waals surface area contributed by atoms with Crippen molar-refractivity contribution in [3.63, 3.8) is 0 Å². The van der Waals surface area contributed by atoms with E-state index in [1.165, 1.54) is 0 Å². The fraction of sp³-hybridized carbons (Fsp3) is 0.227. The Labute approximate surface area is 173 Å². The van der Waals surface area contributed by atoms with Crippen molar-refractivity contribution in [3.8, 4) is 0 Å². The third-order valence-corrected chi connectivity index (χ3v) is 7.50. The zero-order valence-electron chi connectivity index (χ0n) is 15.2. The van der Waals surface area contributed by atoms with Crippen LogP contribution in [0.25, 0.3) is 10.8 Å². The van der Waals surface area contributed by atoms with Crippen molar-refractivity contribution in [1.82, 2.24) is 4.90 Å². The van der Waals surface area contributed by atoms with Gasteiger partial charge in [0.2, 0.25) is 0 Å². The molecule has 1 atom stereocenters. The van der Waals surface area contributed by atoms with Gasteiger partial charge in [-0.15, -0.1) is 0 Å². The van der Waals surface area contributed by atoms with Crippen molar-refractivity contribution < 1.29 is 13.2 Å². The maximum absolute atomic E-state index is 13.3. The van der Waals surface area contributed by atoms with Gasteiger partial charge < -0.3 is 4.90 Å². The van der Waals surface area contributed by atoms with E-state index in [-0.39, 0.29) is 23.5 Å². The predicted octanol–water partition coefficient (Wildman–Crippen LogP) is 4.43. The molecule has 3 aromatic rings. The Balaban J connectivity index is 1.72. The summed E-state index contributed by atoms with van der Waals surface area (Å²) in [6.07, 6.45) is 0.482. The lowest BCUT2D eigenvalue weighted by Crippen LogP contribution is -2.40. The number of rotatable bonds is 4. The van der Waals surface area contributed by atoms with Gasteiger partial charge in [0.1, 0.15) is 0 Å². The minimum absolute atomic E-state index is 0.0278. The lowest BCUT2D eigenvalue weighted by Gasteiger charge is -2.29. The molecule has 1 aliphatic heterocycles. The number of fused-ring (bicyclic) bond motifs is 1. The predicted molar refractivity (Wildman–Crippen MR) is 115 cm³/mol. The molecule has 0 saturated carbocycles. The second-order valence-electron chi connectivity index (χ2n) is 7.14. The van der Waals surface area contributed by atoms with Crippen molar-refractivity contribution in [2.75, 3.05) is 11.5 Å². The van der Waals surface area contributed by atoms with Crippen LogP contribution in [0.15, 0.2) is 71.2 Å². The molecule has 0 unspecified atom stereocenters. The summed E-state index contributed by atoms with van der Waals surface area (Å²) in [7, 11) is -3.10. The molecule has 3 aromatic carbocycles. The summed E-state index contributed by atoms with van der Waals surface area (Å²) in [4.78, 5) is 15.0. The Hall–Kier alpha value is -2.18. The fourth-order valence-electron chi connectivity index (χ4n) is 3.76. The van der Waals surface area contributed by atoms with Crippen LogP contribution < -0.4 is 0 Å². The molecular formula is C22H20BrNO3S. The molecular weight excluding hydrogens is 438 g/mol. The van der Waals surface area contributed by atoms with E-state index in [9.17, 15) is 13.2 Å². The van der Waals surface area contributed by atoms with E-state index in [0.29, 0.717) is 18.5 Å². The summed E-state index contributed by atoms with van der Waals surface area (Å²) >= 11 is 3.39. The fourth-order valence-corrected chi connectivity index (χ4v) is 5.76. The van der Waals surface area contributed by atoms with Gasteiger partial charge in [0, 0.05) is 22.6 Å². The standard InChI is InChI=1S/C22H20BrNO3S/c23-19-10-8-17(9-11-19)22(25)24(20-12-13-28(26,27)15-20)14-18-6-3-5-16-4-1-2-7-21(16)18/h1-11,20H,12-15H2/t20-/m1/s1. The van der Waals surface area contributed by atoms with Crippen LogP contribution in [0.3, 0.4) is 0 Å². The zero-order valence-corrected chi connectivity index (χ0v) is 17.6. The average molecular weight is 458 g/mol. The minimum atomic E-state index is -3.10. The second-order valence-corrected chi connectivity index (χ2v) is 10.3. The van der Waals surface area contributed by atoms with E-state index in [0.717, 1.165) is 20.8 Å². The smallest absolute Gasteiger partial charge is 0.254 e. The van der Waals surface area contributed by atoms with Crippen LogP contribution in [-0.4, -0.2) is 36.8 Å². The van der Waals surface area contributed by atoms with Crippen LogP contribution >= 0.6 is 15.9 Å². The number of hydrogen-bond acceptors (Lipinski definition) is 3. The molecule has 1 amide bonds. The minimum Gasteiger partial charge on any atom is -0.330 e. The molecule has 6 heteroatoms. The molecule has 1 fully saturated rings. The van der Waals surface area contributed by atoms with Gasteiger partial charge in [-0.2, -0.15) is 0 Å². The van der Waals surface area contributed by atoms with E-state index >= 15 is 0 Å². The monoisotopic (exact) mass is 457 g/mol. The number of carbonyl (C=O) groups excluding carboxylic acids is 1. The van der Waals surface area contributed by atoms with Crippen molar-refractivity contribution in [2.24, 2.45) is 0 Å². The Bertz CT molecular complexity index is 1120. The van der Waals surface area contributed by atoms with Crippen molar-refractivity contribution in [2.45, 2.75) is 19.0 Å². The summed E-state index contributed by atoms with van der Waals surface area (Å²) in [6, 6.07) is 21.0. The molecule has 0 aliphatic carbocycles. The van der Waals surface area contributed by atoms with Crippen LogP contribution in [0.2, 0.25) is 0 Å². The normalized spacial score (nSPS) is 18.2. The van der Waals surface area contributed by atoms with Crippen molar-refractivity contribution >= 4 is 42.4 Å². The molecule has 0 spiro atoms. The highest BCUT2D eigenvalue weighted by Gasteiger charge is 2.35. The first-order chi connectivity index (χ1) is 13.4. The first-order valence-corrected chi connectivity index (χ1v) is 11.8. The number of sulfone groups is 1. The molecule has 4 nitrogen and oxygen atoms in total. The molecule has 1 saturated heterocycles. The van der Waals surface area contributed by atoms with Gasteiger partial charge in [-0.25, -0.2) is 8.42 Å². The van der Waals surface area contributed by atoms with Gasteiger partial charge in [0.25, 0.3) is 5.91 Å². The van der Waals surface area contributed by atoms with E-state index in [2.05, 4.69) is 15.9 Å². The molecule has 1 heterocycles. The Morgan fingerprint density at radius 1 is 1.00 bits per heavy atom. The van der Waals surface area contributed by atoms with Crippen molar-refractivity contribution in [1.29, 1.82) is 0 Å². The molecule has 144 valence electrons. The number of nitrogens with zero attached hydrogens (tertiary/aromatic N) is 1. The molecule has 0 bridgehead atoms. The quantitative estimate of drug-likeness (QED) is 0.581. The van der Waals surface area contributed by atoms with E-state index < -0.39 is 9.84 Å². The van der Waals surface area contributed by atoms with Gasteiger partial charge >= 0.3 is 0 Å². The number of amides is 1. The molecule has 1 aliphatic rings. The largest absolute Gasteiger partial charge is 0.330 e. The third-order valence-electron chi connectivity index (χ3n) is 5.22. The average Bonchev–Trinajstić information content (AvgIpc) is 3.05. The lowest BCUT2D eigenvalue weighted by molar-refractivity contribution is 0.0682. The van der Waals surface area contributed by atoms with Gasteiger partial charge in [-0.3, -0.25) is 4.79 Å². The van der Waals surface area contributed by atoms with Crippen LogP contribution in [-0.2, 0) is 16.4 Å². The number of hydrogen-bond donors (Lipinski definition) is 0. The highest BCUT2D eigenvalue weighted by molar-refractivity contribution is 9.10. The highest BCUT2D eigenvalue weighted by atomic mass is 79.9. The number of benzene rings is 3. The Morgan fingerprint density at radius 3 is 2.43 bits per heavy atom. The number of halogens is 1. The summed E-state index contributed by atoms with van der Waals surface area (Å²) < 4.78 is 25.0. The van der Waals surface area contributed by atoms with E-state index in [1.807, 2.05) is 54.6 Å². The summed E-state index contributed by atoms with van der Waals surface area (Å²) in [6.45, 7) is 0.385. The summed E-state index contributed by atoms with van der Waals surface area (Å²) in [5.41, 5.74) is 1.58. The van der Waals surface area contributed by atoms with E-state index in [4.69, 9.17) is 0 Å². The first-order valence-electron chi connectivity index (χ1n) is 9.16. The summed E-state index contributed by atoms with van der Waals surface area (Å²) in [5.74, 6) is 0.0275. The van der Waals surface area contributed by atoms with Crippen LogP contribution in [0.5, 0.6) is 0 Å². The van der Waals surface area contributed by atoms with E-state index in [1.54, 1.807) is 17.0 Å². The third kappa shape index (κ3) is 3.98. The SMILES string of the molecule is O=C(c1ccc(Br)cc1)N(Cc1cccc2ccccc12)[C@@H]1CCS(=O)(=O)C1. The maximum atomic E-state index is 13.3. The van der Waals surface area contributed by atoms with Gasteiger partial charge in [0.15, 0.2) is 9.84 Å². The van der Waals surface area contributed by atoms with Crippen LogP contribution in [0.4, 0.5) is 0 Å². The first kappa shape index (κ1) is 19.2. The maximum Gasteiger partial charge on any atom is 0.254 e. The molecule has 0 aromatic heterocycles. The second kappa shape index (κ2) is 7.68. The summed E-state index contributed by atoms with van der Waals surface area (Å²) in [5, 5.41) is 2.19. The zero-order chi connectivity index (χ0) is 19.7. The topological polar surface area (TPSA) is 54.5 Å². The van der Waals surface area contributed by atoms with Gasteiger partial charge in [-0.05, 0) is 47.0 Å². The highest BCUT2D eigenvalue weighted by Crippen LogP contribution is 2.26. The molecule has 4 rings (SSSR count). The molecule has 28 heavy (non-hydrogen) atoms. The van der Waals surface area contributed by atoms with Gasteiger partial charge in [0.05, 0.1) is 11.5 Å². The van der Waals surface area contributed by atoms with Crippen LogP contribution in [0.1, 0.15) is 22.3 Å². The lowest BCUT2D eigenvalue weighted by atomic mass is 10.0. The molecule has 0 radical (unpaired) electrons. The van der Waals surface area contributed by atoms with Crippen molar-refractivity contribution in [3.05, 3.63) is 82.3 Å². The Morgan fingerprint density at radius 2 is 1.71 bits per heavy atom. The van der Waals surface area contributed by atoms with Crippen LogP contribution in [0, 0.1) is 0 Å². The van der Waals surface area contributed by atoms with Gasteiger partial charge in [-0.1, -0.05) is 58.4 Å². The Kier molecular flexibility index (Phi) is 5.25.